The summed E-state index contributed by atoms with van der Waals surface area (Å²) in [6.07, 6.45) is 0. The van der Waals surface area contributed by atoms with Crippen molar-refractivity contribution in [2.45, 2.75) is 0 Å². The fourth-order valence-corrected chi connectivity index (χ4v) is 2.90. The molecule has 0 bridgehead atoms. The number of anilines is 1. The molecular formula is C14H9F2NS. The van der Waals surface area contributed by atoms with E-state index >= 15 is 0 Å². The maximum absolute atomic E-state index is 13.9. The van der Waals surface area contributed by atoms with Gasteiger partial charge in [0, 0.05) is 21.9 Å². The van der Waals surface area contributed by atoms with Gasteiger partial charge in [-0.2, -0.15) is 0 Å². The van der Waals surface area contributed by atoms with E-state index < -0.39 is 11.6 Å². The van der Waals surface area contributed by atoms with Crippen molar-refractivity contribution in [3.63, 3.8) is 0 Å². The molecule has 2 aromatic carbocycles. The Balaban J connectivity index is 2.32. The Morgan fingerprint density at radius 3 is 2.61 bits per heavy atom. The molecule has 0 amide bonds. The SMILES string of the molecule is Nc1cc(F)c(-c2cccc3ccsc23)cc1F. The minimum Gasteiger partial charge on any atom is -0.396 e. The summed E-state index contributed by atoms with van der Waals surface area (Å²) in [6, 6.07) is 9.69. The molecule has 18 heavy (non-hydrogen) atoms. The molecule has 4 heteroatoms. The largest absolute Gasteiger partial charge is 0.396 e. The summed E-state index contributed by atoms with van der Waals surface area (Å²) in [4.78, 5) is 0. The van der Waals surface area contributed by atoms with E-state index in [-0.39, 0.29) is 11.3 Å². The highest BCUT2D eigenvalue weighted by Crippen LogP contribution is 2.35. The van der Waals surface area contributed by atoms with Crippen LogP contribution < -0.4 is 5.73 Å². The van der Waals surface area contributed by atoms with Crippen LogP contribution in [-0.4, -0.2) is 0 Å². The molecule has 1 heterocycles. The molecule has 3 rings (SSSR count). The number of fused-ring (bicyclic) bond motifs is 1. The van der Waals surface area contributed by atoms with Gasteiger partial charge in [0.15, 0.2) is 0 Å². The van der Waals surface area contributed by atoms with Crippen molar-refractivity contribution >= 4 is 27.1 Å². The van der Waals surface area contributed by atoms with E-state index in [1.54, 1.807) is 6.07 Å². The zero-order valence-corrected chi connectivity index (χ0v) is 10.1. The summed E-state index contributed by atoms with van der Waals surface area (Å²) >= 11 is 1.51. The van der Waals surface area contributed by atoms with Crippen LogP contribution in [0.25, 0.3) is 21.2 Å². The Morgan fingerprint density at radius 1 is 0.944 bits per heavy atom. The summed E-state index contributed by atoms with van der Waals surface area (Å²) in [7, 11) is 0. The summed E-state index contributed by atoms with van der Waals surface area (Å²) in [5, 5.41) is 2.95. The average molecular weight is 261 g/mol. The van der Waals surface area contributed by atoms with Crippen LogP contribution in [0, 0.1) is 11.6 Å². The smallest absolute Gasteiger partial charge is 0.146 e. The van der Waals surface area contributed by atoms with Crippen LogP contribution in [0.3, 0.4) is 0 Å². The molecule has 0 saturated carbocycles. The Morgan fingerprint density at radius 2 is 1.78 bits per heavy atom. The van der Waals surface area contributed by atoms with Gasteiger partial charge < -0.3 is 5.73 Å². The highest BCUT2D eigenvalue weighted by molar-refractivity contribution is 7.17. The van der Waals surface area contributed by atoms with Crippen LogP contribution >= 0.6 is 11.3 Å². The molecule has 90 valence electrons. The Labute approximate surface area is 106 Å². The summed E-state index contributed by atoms with van der Waals surface area (Å²) in [6.45, 7) is 0. The van der Waals surface area contributed by atoms with Crippen LogP contribution in [0.1, 0.15) is 0 Å². The topological polar surface area (TPSA) is 26.0 Å². The molecule has 0 fully saturated rings. The standard InChI is InChI=1S/C14H9F2NS/c15-11-7-13(17)12(16)6-10(11)9-3-1-2-8-4-5-18-14(8)9/h1-7H,17H2. The van der Waals surface area contributed by atoms with Crippen LogP contribution in [-0.2, 0) is 0 Å². The fraction of sp³-hybridized carbons (Fsp3) is 0. The third-order valence-electron chi connectivity index (χ3n) is 2.86. The first-order chi connectivity index (χ1) is 8.66. The lowest BCUT2D eigenvalue weighted by molar-refractivity contribution is 0.607. The number of thiophene rings is 1. The monoisotopic (exact) mass is 261 g/mol. The van der Waals surface area contributed by atoms with Gasteiger partial charge in [-0.1, -0.05) is 18.2 Å². The van der Waals surface area contributed by atoms with Crippen molar-refractivity contribution in [2.75, 3.05) is 5.73 Å². The lowest BCUT2D eigenvalue weighted by Crippen LogP contribution is -1.94. The van der Waals surface area contributed by atoms with Gasteiger partial charge in [0.2, 0.25) is 0 Å². The van der Waals surface area contributed by atoms with Gasteiger partial charge in [-0.15, -0.1) is 11.3 Å². The molecule has 3 aromatic rings. The molecule has 0 radical (unpaired) electrons. The number of hydrogen-bond donors (Lipinski definition) is 1. The molecule has 0 aliphatic carbocycles. The number of nitrogen functional groups attached to an aromatic ring is 1. The second-order valence-electron chi connectivity index (χ2n) is 4.00. The third kappa shape index (κ3) is 1.66. The van der Waals surface area contributed by atoms with Crippen LogP contribution in [0.4, 0.5) is 14.5 Å². The van der Waals surface area contributed by atoms with E-state index in [0.29, 0.717) is 5.56 Å². The van der Waals surface area contributed by atoms with Gasteiger partial charge in [-0.3, -0.25) is 0 Å². The fourth-order valence-electron chi connectivity index (χ4n) is 1.97. The summed E-state index contributed by atoms with van der Waals surface area (Å²) in [5.74, 6) is -1.10. The Bertz CT molecular complexity index is 734. The quantitative estimate of drug-likeness (QED) is 0.644. The zero-order valence-electron chi connectivity index (χ0n) is 9.28. The molecule has 1 aromatic heterocycles. The van der Waals surface area contributed by atoms with Gasteiger partial charge in [-0.05, 0) is 22.9 Å². The molecule has 0 aliphatic rings. The van der Waals surface area contributed by atoms with E-state index in [1.165, 1.54) is 11.3 Å². The van der Waals surface area contributed by atoms with E-state index in [2.05, 4.69) is 0 Å². The number of halogens is 2. The molecule has 0 spiro atoms. The summed E-state index contributed by atoms with van der Waals surface area (Å²) < 4.78 is 28.3. The van der Waals surface area contributed by atoms with Crippen molar-refractivity contribution in [1.29, 1.82) is 0 Å². The van der Waals surface area contributed by atoms with Gasteiger partial charge in [0.1, 0.15) is 11.6 Å². The lowest BCUT2D eigenvalue weighted by atomic mass is 10.0. The van der Waals surface area contributed by atoms with Gasteiger partial charge in [-0.25, -0.2) is 8.78 Å². The zero-order chi connectivity index (χ0) is 12.7. The minimum absolute atomic E-state index is 0.172. The minimum atomic E-state index is -0.597. The third-order valence-corrected chi connectivity index (χ3v) is 3.82. The molecule has 0 aliphatic heterocycles. The maximum atomic E-state index is 13.9. The van der Waals surface area contributed by atoms with Crippen molar-refractivity contribution < 1.29 is 8.78 Å². The molecule has 2 N–H and O–H groups in total. The van der Waals surface area contributed by atoms with Crippen LogP contribution in [0.15, 0.2) is 41.8 Å². The molecule has 0 atom stereocenters. The number of nitrogens with two attached hydrogens (primary N) is 1. The van der Waals surface area contributed by atoms with Crippen LogP contribution in [0.5, 0.6) is 0 Å². The van der Waals surface area contributed by atoms with Gasteiger partial charge in [0.05, 0.1) is 5.69 Å². The first kappa shape index (κ1) is 11.2. The predicted octanol–water partition coefficient (Wildman–Crippen LogP) is 4.43. The first-order valence-electron chi connectivity index (χ1n) is 5.38. The van der Waals surface area contributed by atoms with Gasteiger partial charge >= 0.3 is 0 Å². The number of benzene rings is 2. The van der Waals surface area contributed by atoms with Crippen molar-refractivity contribution in [2.24, 2.45) is 0 Å². The van der Waals surface area contributed by atoms with Crippen LogP contribution in [0.2, 0.25) is 0 Å². The molecule has 0 saturated heterocycles. The number of rotatable bonds is 1. The number of hydrogen-bond acceptors (Lipinski definition) is 2. The second-order valence-corrected chi connectivity index (χ2v) is 4.91. The van der Waals surface area contributed by atoms with E-state index in [4.69, 9.17) is 5.73 Å². The highest BCUT2D eigenvalue weighted by atomic mass is 32.1. The Kier molecular flexibility index (Phi) is 2.52. The normalized spacial score (nSPS) is 11.0. The van der Waals surface area contributed by atoms with E-state index in [1.807, 2.05) is 23.6 Å². The molecule has 0 unspecified atom stereocenters. The highest BCUT2D eigenvalue weighted by Gasteiger charge is 2.12. The molecular weight excluding hydrogens is 252 g/mol. The average Bonchev–Trinajstić information content (AvgIpc) is 2.82. The Hall–Kier alpha value is -1.94. The summed E-state index contributed by atoms with van der Waals surface area (Å²) in [5.41, 5.74) is 6.11. The van der Waals surface area contributed by atoms with Crippen molar-refractivity contribution in [3.05, 3.63) is 53.4 Å². The maximum Gasteiger partial charge on any atom is 0.146 e. The first-order valence-corrected chi connectivity index (χ1v) is 6.26. The predicted molar refractivity (Wildman–Crippen MR) is 71.6 cm³/mol. The lowest BCUT2D eigenvalue weighted by Gasteiger charge is -2.07. The van der Waals surface area contributed by atoms with E-state index in [0.717, 1.165) is 22.2 Å². The molecule has 1 nitrogen and oxygen atoms in total. The van der Waals surface area contributed by atoms with Crippen molar-refractivity contribution in [1.82, 2.24) is 0 Å². The van der Waals surface area contributed by atoms with Gasteiger partial charge in [0.25, 0.3) is 0 Å². The van der Waals surface area contributed by atoms with E-state index in [9.17, 15) is 8.78 Å². The second kappa shape index (κ2) is 4.07. The van der Waals surface area contributed by atoms with Crippen molar-refractivity contribution in [3.8, 4) is 11.1 Å².